The number of para-hydroxylation sites is 5. The molecule has 0 aliphatic carbocycles. The van der Waals surface area contributed by atoms with Crippen molar-refractivity contribution in [3.05, 3.63) is 373 Å². The van der Waals surface area contributed by atoms with Gasteiger partial charge in [0.25, 0.3) is 0 Å². The Morgan fingerprint density at radius 2 is 0.510 bits per heavy atom. The Bertz CT molecular complexity index is 10600. The Labute approximate surface area is 840 Å². The fraction of sp³-hybridized carbons (Fsp3) is 0.0331. The molecule has 30 aromatic rings. The zero-order chi connectivity index (χ0) is 97.5. The highest BCUT2D eigenvalue weighted by atomic mass is 79.9. The number of imidazole rings is 5. The quantitative estimate of drug-likeness (QED) is 0.0478. The number of hydrogen-bond donors (Lipinski definition) is 15. The van der Waals surface area contributed by atoms with Crippen molar-refractivity contribution in [1.82, 2.24) is 74.8 Å². The number of nitrogens with one attached hydrogen (secondary N) is 12. The lowest BCUT2D eigenvalue weighted by Crippen LogP contribution is -2.21. The highest BCUT2D eigenvalue weighted by Crippen LogP contribution is 2.47. The van der Waals surface area contributed by atoms with Gasteiger partial charge in [-0.25, -0.2) is 24.9 Å². The molecule has 20 aromatic carbocycles. The summed E-state index contributed by atoms with van der Waals surface area (Å²) in [5.74, 6) is 3.85. The summed E-state index contributed by atoms with van der Waals surface area (Å²) in [6, 6.07) is 114. The lowest BCUT2D eigenvalue weighted by Gasteiger charge is -2.09. The molecule has 0 radical (unpaired) electrons. The van der Waals surface area contributed by atoms with Crippen molar-refractivity contribution in [1.29, 1.82) is 0 Å². The van der Waals surface area contributed by atoms with Crippen LogP contribution in [0.1, 0.15) is 11.4 Å². The van der Waals surface area contributed by atoms with Gasteiger partial charge >= 0.3 is 0 Å². The second kappa shape index (κ2) is 35.2. The molecule has 0 aliphatic heterocycles. The van der Waals surface area contributed by atoms with Crippen LogP contribution in [0, 0.1) is 13.8 Å². The summed E-state index contributed by atoms with van der Waals surface area (Å²) in [7, 11) is 0. The maximum absolute atomic E-state index is 11.9. The third kappa shape index (κ3) is 14.9. The highest BCUT2D eigenvalue weighted by molar-refractivity contribution is 9.10. The first-order chi connectivity index (χ1) is 71.1. The van der Waals surface area contributed by atoms with Gasteiger partial charge in [-0.3, -0.25) is 9.59 Å². The molecule has 10 aromatic heterocycles. The number of aromatic amines is 10. The number of halogens is 2. The SMILES string of the molecule is Brc1ccc2c3ccccc3c3[nH]c(-c4c[nH]c5ccccc45)nc3c2c1.Cc1[nH]c2ccccc2c1-c1nc2c3cc(Br)ccc3c3ccccc3c2[nH]1.Cc1[nH]c2ccccc2c1-c1nc2c3cc(NC(=O)CN)ccc3c3ccccc3c2[nH]1.NCC(=O)Nc1ccc2c3ccccc3c3[nH]c(-c4c[nH]c5ccccc45)nc3c2c1.Nc1ccc2c(c1)c1ccccc1c1nc(-c3c[nH]c4ccccc34)[nH]c21. The second-order valence-electron chi connectivity index (χ2n) is 36.6. The van der Waals surface area contributed by atoms with E-state index in [-0.39, 0.29) is 24.9 Å². The van der Waals surface area contributed by atoms with E-state index in [0.717, 1.165) is 252 Å². The van der Waals surface area contributed by atoms with Crippen molar-refractivity contribution >= 4 is 278 Å². The van der Waals surface area contributed by atoms with Crippen LogP contribution in [-0.2, 0) is 9.59 Å². The lowest BCUT2D eigenvalue weighted by molar-refractivity contribution is -0.115. The number of H-pyrrole nitrogens is 10. The van der Waals surface area contributed by atoms with E-state index in [1.165, 1.54) is 48.5 Å². The molecule has 22 nitrogen and oxygen atoms in total. The van der Waals surface area contributed by atoms with Gasteiger partial charge in [0.2, 0.25) is 11.8 Å². The molecule has 30 rings (SSSR count). The minimum Gasteiger partial charge on any atom is -0.399 e. The fourth-order valence-corrected chi connectivity index (χ4v) is 22.2. The molecule has 10 heterocycles. The topological polar surface area (TPSA) is 359 Å². The molecule has 0 aliphatic rings. The van der Waals surface area contributed by atoms with E-state index in [1.54, 1.807) is 0 Å². The van der Waals surface area contributed by atoms with E-state index in [4.69, 9.17) is 42.1 Å². The molecule has 18 N–H and O–H groups in total. The number of amides is 2. The maximum Gasteiger partial charge on any atom is 0.238 e. The van der Waals surface area contributed by atoms with Gasteiger partial charge in [0.1, 0.15) is 29.1 Å². The number of benzene rings is 20. The maximum atomic E-state index is 11.9. The third-order valence-electron chi connectivity index (χ3n) is 28.0. The lowest BCUT2D eigenvalue weighted by atomic mass is 9.99. The number of aromatic nitrogens is 15. The van der Waals surface area contributed by atoms with Crippen LogP contribution >= 0.6 is 31.9 Å². The van der Waals surface area contributed by atoms with Crippen molar-refractivity contribution in [2.45, 2.75) is 13.8 Å². The smallest absolute Gasteiger partial charge is 0.238 e. The first-order valence-corrected chi connectivity index (χ1v) is 49.4. The van der Waals surface area contributed by atoms with E-state index in [1.807, 2.05) is 128 Å². The van der Waals surface area contributed by atoms with Gasteiger partial charge in [-0.2, -0.15) is 0 Å². The summed E-state index contributed by atoms with van der Waals surface area (Å²) < 4.78 is 2.12. The van der Waals surface area contributed by atoms with Crippen molar-refractivity contribution < 1.29 is 9.59 Å². The molecule has 696 valence electrons. The Morgan fingerprint density at radius 3 is 0.862 bits per heavy atom. The van der Waals surface area contributed by atoms with Crippen molar-refractivity contribution in [3.8, 4) is 56.9 Å². The number of anilines is 3. The van der Waals surface area contributed by atoms with Gasteiger partial charge in [0.05, 0.1) is 68.3 Å². The van der Waals surface area contributed by atoms with Crippen LogP contribution in [0.25, 0.3) is 274 Å². The van der Waals surface area contributed by atoms with Gasteiger partial charge in [-0.05, 0) is 159 Å². The van der Waals surface area contributed by atoms with Crippen LogP contribution < -0.4 is 27.8 Å². The molecule has 0 spiro atoms. The molecule has 24 heteroatoms. The van der Waals surface area contributed by atoms with E-state index in [0.29, 0.717) is 11.4 Å². The van der Waals surface area contributed by atoms with Crippen LogP contribution in [0.4, 0.5) is 17.1 Å². The van der Waals surface area contributed by atoms with Crippen molar-refractivity contribution in [2.75, 3.05) is 29.5 Å². The van der Waals surface area contributed by atoms with Crippen LogP contribution in [0.2, 0.25) is 0 Å². The summed E-state index contributed by atoms with van der Waals surface area (Å²) in [5.41, 5.74) is 42.2. The number of fused-ring (bicyclic) bond motifs is 35. The predicted molar refractivity (Wildman–Crippen MR) is 607 cm³/mol. The minimum atomic E-state index is -0.224. The number of nitrogens with zero attached hydrogens (tertiary/aromatic N) is 5. The molecule has 0 unspecified atom stereocenters. The standard InChI is InChI=1S/C26H21N5O.C25H19N5O.C24H16BrN3.C23H14BrN3.C23H16N4/c1-14-23(19-8-4-5-9-21(19)28-14)26-30-24-18-7-3-2-6-16(18)17-11-10-15(29-22(32)13-27)12-20(17)25(24)31-26;26-12-22(31)28-14-9-10-16-15-5-1-2-7-18(15)23-24(19(16)11-14)30-25(29-23)20-13-27-21-8-4-3-6-17(20)21;1-13-21(18-8-4-5-9-20(18)26-13)24-27-22-17-7-3-2-6-15(17)16-11-10-14(25)12-19(16)23(22)28-24;24-13-9-10-15-14-5-1-2-7-17(14)21-22(18(15)11-13)27-23(26-21)19-12-25-20-8-4-3-6-16(19)20;24-13-9-10-17-18(11-13)14-5-1-2-7-16(14)21-22(17)27-23(26-21)19-12-25-20-8-4-3-6-15(19)20/h2-12,28H,13,27H2,1H3,(H,29,32)(H,30,31);1-11,13,27H,12,26H2,(H,28,31)(H,29,30);2-12,26H,1H3,(H,27,28);1-12,25H,(H,26,27);1-12,25H,24H2,(H,26,27). The monoisotopic (exact) mass is 2010 g/mol. The van der Waals surface area contributed by atoms with Gasteiger partial charge in [-0.1, -0.05) is 275 Å². The average molecular weight is 2010 g/mol. The van der Waals surface area contributed by atoms with Gasteiger partial charge in [-0.15, -0.1) is 0 Å². The predicted octanol–water partition coefficient (Wildman–Crippen LogP) is 29.6. The molecule has 2 amide bonds. The highest BCUT2D eigenvalue weighted by Gasteiger charge is 2.26. The molecule has 0 fully saturated rings. The van der Waals surface area contributed by atoms with Crippen LogP contribution in [0.5, 0.6) is 0 Å². The van der Waals surface area contributed by atoms with E-state index in [9.17, 15) is 9.59 Å². The van der Waals surface area contributed by atoms with E-state index < -0.39 is 0 Å². The number of nitrogens with two attached hydrogens (primary N) is 3. The molecular weight excluding hydrogens is 1930 g/mol. The van der Waals surface area contributed by atoms with Crippen molar-refractivity contribution in [3.63, 3.8) is 0 Å². The average Bonchev–Trinajstić information content (AvgIpc) is 1.60. The van der Waals surface area contributed by atoms with Crippen LogP contribution in [-0.4, -0.2) is 99.7 Å². The third-order valence-corrected chi connectivity index (χ3v) is 29.0. The number of hydrogen-bond acceptors (Lipinski definition) is 10. The number of aryl methyl sites for hydroxylation is 2. The van der Waals surface area contributed by atoms with Gasteiger partial charge < -0.3 is 77.7 Å². The van der Waals surface area contributed by atoms with Crippen LogP contribution in [0.3, 0.4) is 0 Å². The molecule has 0 saturated heterocycles. The van der Waals surface area contributed by atoms with E-state index >= 15 is 0 Å². The Kier molecular flexibility index (Phi) is 21.1. The summed E-state index contributed by atoms with van der Waals surface area (Å²) in [6.07, 6.45) is 6.03. The van der Waals surface area contributed by atoms with Gasteiger partial charge in [0.15, 0.2) is 0 Å². The number of carbonyl (C=O) groups excluding carboxylic acids is 2. The first kappa shape index (κ1) is 87.0. The Hall–Kier alpha value is -18.3. The molecule has 0 atom stereocenters. The van der Waals surface area contributed by atoms with Crippen molar-refractivity contribution in [2.24, 2.45) is 11.5 Å². The Morgan fingerprint density at radius 1 is 0.255 bits per heavy atom. The molecule has 0 saturated carbocycles. The normalized spacial score (nSPS) is 11.8. The largest absolute Gasteiger partial charge is 0.399 e. The first-order valence-electron chi connectivity index (χ1n) is 47.8. The summed E-state index contributed by atoms with van der Waals surface area (Å²) in [4.78, 5) is 83.8. The molecule has 145 heavy (non-hydrogen) atoms. The number of nitrogen functional groups attached to an aromatic ring is 1. The summed E-state index contributed by atoms with van der Waals surface area (Å²) in [5, 5.41) is 34.3. The number of carbonyl (C=O) groups is 2. The zero-order valence-corrected chi connectivity index (χ0v) is 81.1. The molecule has 0 bridgehead atoms. The summed E-state index contributed by atoms with van der Waals surface area (Å²) in [6.45, 7) is 4.06. The second-order valence-corrected chi connectivity index (χ2v) is 38.4. The summed E-state index contributed by atoms with van der Waals surface area (Å²) >= 11 is 7.25. The fourth-order valence-electron chi connectivity index (χ4n) is 21.5. The van der Waals surface area contributed by atoms with E-state index in [2.05, 4.69) is 331 Å². The zero-order valence-electron chi connectivity index (χ0n) is 77.9. The van der Waals surface area contributed by atoms with Crippen LogP contribution in [0.15, 0.2) is 361 Å². The Balaban J connectivity index is 0.0000000924. The molecular formula is C121H86Br2N20O2. The number of rotatable bonds is 9. The van der Waals surface area contributed by atoms with Gasteiger partial charge in [0, 0.05) is 192 Å². The minimum absolute atomic E-state index is 0.0573.